The van der Waals surface area contributed by atoms with Crippen molar-refractivity contribution < 1.29 is 8.78 Å². The summed E-state index contributed by atoms with van der Waals surface area (Å²) >= 11 is 0. The van der Waals surface area contributed by atoms with Crippen molar-refractivity contribution in [2.75, 3.05) is 17.2 Å². The van der Waals surface area contributed by atoms with Gasteiger partial charge in [0.05, 0.1) is 0 Å². The molecule has 0 spiro atoms. The molecular weight excluding hydrogens is 286 g/mol. The van der Waals surface area contributed by atoms with E-state index in [0.29, 0.717) is 23.4 Å². The Kier molecular flexibility index (Phi) is 5.25. The molecule has 118 valence electrons. The third-order valence-corrected chi connectivity index (χ3v) is 3.07. The number of hydrogen-bond acceptors (Lipinski definition) is 4. The van der Waals surface area contributed by atoms with Crippen molar-refractivity contribution >= 4 is 17.5 Å². The van der Waals surface area contributed by atoms with Crippen molar-refractivity contribution in [3.8, 4) is 0 Å². The molecule has 0 bridgehead atoms. The van der Waals surface area contributed by atoms with Gasteiger partial charge >= 0.3 is 0 Å². The molecule has 1 aromatic carbocycles. The van der Waals surface area contributed by atoms with Gasteiger partial charge in [0, 0.05) is 18.3 Å². The van der Waals surface area contributed by atoms with Crippen molar-refractivity contribution in [2.45, 2.75) is 27.2 Å². The lowest BCUT2D eigenvalue weighted by Crippen LogP contribution is -2.10. The van der Waals surface area contributed by atoms with Crippen molar-refractivity contribution in [3.63, 3.8) is 0 Å². The quantitative estimate of drug-likeness (QED) is 0.837. The van der Waals surface area contributed by atoms with E-state index >= 15 is 0 Å². The van der Waals surface area contributed by atoms with Gasteiger partial charge in [-0.3, -0.25) is 0 Å². The molecule has 22 heavy (non-hydrogen) atoms. The molecule has 0 saturated carbocycles. The van der Waals surface area contributed by atoms with Crippen LogP contribution in [0, 0.1) is 24.5 Å². The lowest BCUT2D eigenvalue weighted by atomic mass is 10.1. The predicted octanol–water partition coefficient (Wildman–Crippen LogP) is 4.26. The first-order valence-corrected chi connectivity index (χ1v) is 7.26. The number of aryl methyl sites for hydroxylation is 1. The summed E-state index contributed by atoms with van der Waals surface area (Å²) in [6.45, 7) is 6.81. The van der Waals surface area contributed by atoms with Crippen LogP contribution in [0.2, 0.25) is 0 Å². The average Bonchev–Trinajstić information content (AvgIpc) is 2.42. The Balaban J connectivity index is 2.16. The summed E-state index contributed by atoms with van der Waals surface area (Å²) in [5.41, 5.74) is 0.495. The minimum atomic E-state index is -0.661. The van der Waals surface area contributed by atoms with Crippen LogP contribution in [0.25, 0.3) is 0 Å². The Morgan fingerprint density at radius 1 is 1.14 bits per heavy atom. The topological polar surface area (TPSA) is 49.8 Å². The van der Waals surface area contributed by atoms with Gasteiger partial charge in [-0.15, -0.1) is 0 Å². The van der Waals surface area contributed by atoms with Crippen molar-refractivity contribution in [3.05, 3.63) is 41.6 Å². The van der Waals surface area contributed by atoms with E-state index in [1.54, 1.807) is 13.0 Å². The van der Waals surface area contributed by atoms with Crippen LogP contribution in [-0.2, 0) is 0 Å². The third-order valence-electron chi connectivity index (χ3n) is 3.07. The van der Waals surface area contributed by atoms with Crippen LogP contribution in [0.5, 0.6) is 0 Å². The molecule has 0 radical (unpaired) electrons. The van der Waals surface area contributed by atoms with Crippen LogP contribution in [0.4, 0.5) is 26.2 Å². The number of para-hydroxylation sites is 1. The molecule has 0 fully saturated rings. The van der Waals surface area contributed by atoms with E-state index in [1.165, 1.54) is 18.2 Å². The lowest BCUT2D eigenvalue weighted by Gasteiger charge is -2.11. The number of halogens is 2. The monoisotopic (exact) mass is 306 g/mol. The first-order valence-electron chi connectivity index (χ1n) is 7.26. The number of aromatic nitrogens is 2. The molecule has 0 aliphatic rings. The fourth-order valence-corrected chi connectivity index (χ4v) is 1.93. The minimum Gasteiger partial charge on any atom is -0.354 e. The summed E-state index contributed by atoms with van der Waals surface area (Å²) < 4.78 is 27.3. The Hall–Kier alpha value is -2.24. The van der Waals surface area contributed by atoms with Gasteiger partial charge in [0.15, 0.2) is 0 Å². The number of rotatable bonds is 6. The maximum Gasteiger partial charge on any atom is 0.224 e. The second-order valence-electron chi connectivity index (χ2n) is 5.55. The van der Waals surface area contributed by atoms with Crippen LogP contribution in [0.15, 0.2) is 24.3 Å². The third kappa shape index (κ3) is 4.38. The van der Waals surface area contributed by atoms with Crippen molar-refractivity contribution in [2.24, 2.45) is 5.92 Å². The summed E-state index contributed by atoms with van der Waals surface area (Å²) in [5.74, 6) is 0.0435. The maximum absolute atomic E-state index is 13.7. The second-order valence-corrected chi connectivity index (χ2v) is 5.55. The highest BCUT2D eigenvalue weighted by atomic mass is 19.1. The largest absolute Gasteiger partial charge is 0.354 e. The van der Waals surface area contributed by atoms with Crippen LogP contribution < -0.4 is 10.6 Å². The average molecular weight is 306 g/mol. The molecule has 1 aromatic heterocycles. The molecule has 4 nitrogen and oxygen atoms in total. The van der Waals surface area contributed by atoms with Gasteiger partial charge in [-0.25, -0.2) is 13.8 Å². The molecule has 0 atom stereocenters. The van der Waals surface area contributed by atoms with Crippen LogP contribution >= 0.6 is 0 Å². The summed E-state index contributed by atoms with van der Waals surface area (Å²) in [6, 6.07) is 5.35. The Labute approximate surface area is 129 Å². The van der Waals surface area contributed by atoms with Crippen molar-refractivity contribution in [1.82, 2.24) is 9.97 Å². The predicted molar refractivity (Wildman–Crippen MR) is 84.4 cm³/mol. The zero-order valence-electron chi connectivity index (χ0n) is 13.0. The first kappa shape index (κ1) is 16.1. The summed E-state index contributed by atoms with van der Waals surface area (Å²) in [5, 5.41) is 5.80. The first-order chi connectivity index (χ1) is 10.5. The van der Waals surface area contributed by atoms with Gasteiger partial charge in [0.25, 0.3) is 0 Å². The molecule has 0 amide bonds. The molecular formula is C16H20F2N4. The molecule has 2 aromatic rings. The highest BCUT2D eigenvalue weighted by Crippen LogP contribution is 2.23. The molecule has 0 aliphatic heterocycles. The molecule has 2 rings (SSSR count). The standard InChI is InChI=1S/C16H20F2N4/c1-10(2)7-8-19-16-20-11(3)9-14(22-16)21-15-12(17)5-4-6-13(15)18/h4-6,9-10H,7-8H2,1-3H3,(H2,19,20,21,22). The van der Waals surface area contributed by atoms with Gasteiger partial charge in [-0.1, -0.05) is 19.9 Å². The fourth-order valence-electron chi connectivity index (χ4n) is 1.93. The fraction of sp³-hybridized carbons (Fsp3) is 0.375. The number of hydrogen-bond donors (Lipinski definition) is 2. The molecule has 2 N–H and O–H groups in total. The molecule has 0 saturated heterocycles. The Morgan fingerprint density at radius 2 is 1.82 bits per heavy atom. The summed E-state index contributed by atoms with van der Waals surface area (Å²) in [4.78, 5) is 8.51. The summed E-state index contributed by atoms with van der Waals surface area (Å²) in [7, 11) is 0. The van der Waals surface area contributed by atoms with Gasteiger partial charge in [-0.2, -0.15) is 4.98 Å². The SMILES string of the molecule is Cc1cc(Nc2c(F)cccc2F)nc(NCCC(C)C)n1. The molecule has 0 unspecified atom stereocenters. The van der Waals surface area contributed by atoms with Gasteiger partial charge in [-0.05, 0) is 31.4 Å². The van der Waals surface area contributed by atoms with E-state index in [4.69, 9.17) is 0 Å². The van der Waals surface area contributed by atoms with Crippen molar-refractivity contribution in [1.29, 1.82) is 0 Å². The van der Waals surface area contributed by atoms with E-state index in [-0.39, 0.29) is 5.69 Å². The van der Waals surface area contributed by atoms with Gasteiger partial charge in [0.1, 0.15) is 23.1 Å². The summed E-state index contributed by atoms with van der Waals surface area (Å²) in [6.07, 6.45) is 0.988. The van der Waals surface area contributed by atoms with E-state index in [9.17, 15) is 8.78 Å². The van der Waals surface area contributed by atoms with E-state index in [2.05, 4.69) is 34.4 Å². The van der Waals surface area contributed by atoms with Crippen LogP contribution in [-0.4, -0.2) is 16.5 Å². The second kappa shape index (κ2) is 7.15. The Morgan fingerprint density at radius 3 is 2.45 bits per heavy atom. The van der Waals surface area contributed by atoms with E-state index < -0.39 is 11.6 Å². The molecule has 0 aliphatic carbocycles. The number of benzene rings is 1. The number of nitrogens with one attached hydrogen (secondary N) is 2. The highest BCUT2D eigenvalue weighted by Gasteiger charge is 2.10. The zero-order chi connectivity index (χ0) is 16.1. The van der Waals surface area contributed by atoms with E-state index in [1.807, 2.05) is 0 Å². The van der Waals surface area contributed by atoms with Gasteiger partial charge < -0.3 is 10.6 Å². The smallest absolute Gasteiger partial charge is 0.224 e. The van der Waals surface area contributed by atoms with Gasteiger partial charge in [0.2, 0.25) is 5.95 Å². The number of nitrogens with zero attached hydrogens (tertiary/aromatic N) is 2. The minimum absolute atomic E-state index is 0.214. The lowest BCUT2D eigenvalue weighted by molar-refractivity contribution is 0.590. The highest BCUT2D eigenvalue weighted by molar-refractivity contribution is 5.58. The Bertz CT molecular complexity index is 624. The number of anilines is 3. The van der Waals surface area contributed by atoms with Crippen LogP contribution in [0.1, 0.15) is 26.0 Å². The molecule has 1 heterocycles. The zero-order valence-corrected chi connectivity index (χ0v) is 13.0. The van der Waals surface area contributed by atoms with Crippen LogP contribution in [0.3, 0.4) is 0 Å². The normalized spacial score (nSPS) is 10.8. The maximum atomic E-state index is 13.7. The van der Waals surface area contributed by atoms with E-state index in [0.717, 1.165) is 13.0 Å². The molecule has 6 heteroatoms.